The highest BCUT2D eigenvalue weighted by Crippen LogP contribution is 2.32. The fourth-order valence-corrected chi connectivity index (χ4v) is 3.74. The standard InChI is InChI=1S/C17H26N2O/c1-12-11-20-13(2)10-19(12)16-9-5-7-14-6-3-4-8-15(14)17(16)18/h3-4,6,8,12-13,16-17H,5,7,9-11,18H2,1-2H3. The van der Waals surface area contributed by atoms with E-state index in [1.807, 2.05) is 0 Å². The molecule has 0 saturated carbocycles. The number of morpholine rings is 1. The van der Waals surface area contributed by atoms with Gasteiger partial charge in [-0.15, -0.1) is 0 Å². The van der Waals surface area contributed by atoms with Crippen molar-refractivity contribution >= 4 is 0 Å². The number of hydrogen-bond donors (Lipinski definition) is 1. The van der Waals surface area contributed by atoms with Gasteiger partial charge in [0.1, 0.15) is 0 Å². The van der Waals surface area contributed by atoms with Gasteiger partial charge in [0.15, 0.2) is 0 Å². The van der Waals surface area contributed by atoms with E-state index in [9.17, 15) is 0 Å². The number of aryl methyl sites for hydroxylation is 1. The zero-order chi connectivity index (χ0) is 14.1. The minimum Gasteiger partial charge on any atom is -0.376 e. The highest BCUT2D eigenvalue weighted by molar-refractivity contribution is 5.32. The fourth-order valence-electron chi connectivity index (χ4n) is 3.74. The second-order valence-corrected chi connectivity index (χ2v) is 6.37. The Kier molecular flexibility index (Phi) is 4.11. The van der Waals surface area contributed by atoms with Gasteiger partial charge in [-0.1, -0.05) is 24.3 Å². The number of nitrogens with zero attached hydrogens (tertiary/aromatic N) is 1. The molecule has 20 heavy (non-hydrogen) atoms. The van der Waals surface area contributed by atoms with E-state index >= 15 is 0 Å². The van der Waals surface area contributed by atoms with Gasteiger partial charge in [-0.3, -0.25) is 4.90 Å². The lowest BCUT2D eigenvalue weighted by molar-refractivity contribution is -0.0709. The number of fused-ring (bicyclic) bond motifs is 1. The van der Waals surface area contributed by atoms with Gasteiger partial charge in [-0.05, 0) is 44.2 Å². The van der Waals surface area contributed by atoms with Gasteiger partial charge in [0.25, 0.3) is 0 Å². The number of rotatable bonds is 1. The Morgan fingerprint density at radius 2 is 2.05 bits per heavy atom. The quantitative estimate of drug-likeness (QED) is 0.800. The van der Waals surface area contributed by atoms with Crippen molar-refractivity contribution < 1.29 is 4.74 Å². The van der Waals surface area contributed by atoms with Crippen LogP contribution < -0.4 is 5.73 Å². The lowest BCUT2D eigenvalue weighted by atomic mass is 9.94. The Balaban J connectivity index is 1.86. The zero-order valence-electron chi connectivity index (χ0n) is 12.6. The molecule has 2 N–H and O–H groups in total. The van der Waals surface area contributed by atoms with Crippen molar-refractivity contribution in [2.75, 3.05) is 13.2 Å². The lowest BCUT2D eigenvalue weighted by Gasteiger charge is -2.43. The van der Waals surface area contributed by atoms with Gasteiger partial charge in [0.2, 0.25) is 0 Å². The summed E-state index contributed by atoms with van der Waals surface area (Å²) >= 11 is 0. The Hall–Kier alpha value is -0.900. The van der Waals surface area contributed by atoms with Gasteiger partial charge in [0.05, 0.1) is 12.7 Å². The molecule has 1 aliphatic heterocycles. The average molecular weight is 274 g/mol. The molecular formula is C17H26N2O. The molecule has 4 unspecified atom stereocenters. The van der Waals surface area contributed by atoms with Crippen molar-refractivity contribution in [1.82, 2.24) is 4.90 Å². The summed E-state index contributed by atoms with van der Waals surface area (Å²) in [5.74, 6) is 0. The average Bonchev–Trinajstić information content (AvgIpc) is 2.62. The number of nitrogens with two attached hydrogens (primary N) is 1. The van der Waals surface area contributed by atoms with Crippen LogP contribution in [-0.2, 0) is 11.2 Å². The SMILES string of the molecule is CC1CN(C2CCCc3ccccc3C2N)C(C)CO1. The molecule has 0 radical (unpaired) electrons. The summed E-state index contributed by atoms with van der Waals surface area (Å²) in [5, 5.41) is 0. The number of benzene rings is 1. The molecular weight excluding hydrogens is 248 g/mol. The summed E-state index contributed by atoms with van der Waals surface area (Å²) < 4.78 is 5.76. The number of hydrogen-bond acceptors (Lipinski definition) is 3. The summed E-state index contributed by atoms with van der Waals surface area (Å²) in [4.78, 5) is 2.58. The lowest BCUT2D eigenvalue weighted by Crippen LogP contribution is -2.54. The third-order valence-corrected chi connectivity index (χ3v) is 4.86. The van der Waals surface area contributed by atoms with Crippen LogP contribution in [-0.4, -0.2) is 36.2 Å². The molecule has 3 nitrogen and oxygen atoms in total. The first kappa shape index (κ1) is 14.1. The van der Waals surface area contributed by atoms with E-state index in [1.54, 1.807) is 0 Å². The van der Waals surface area contributed by atoms with E-state index in [-0.39, 0.29) is 6.04 Å². The van der Waals surface area contributed by atoms with E-state index in [1.165, 1.54) is 24.0 Å². The molecule has 1 saturated heterocycles. The zero-order valence-corrected chi connectivity index (χ0v) is 12.6. The molecule has 1 aromatic rings. The van der Waals surface area contributed by atoms with Crippen molar-refractivity contribution in [1.29, 1.82) is 0 Å². The molecule has 2 aliphatic rings. The van der Waals surface area contributed by atoms with Crippen molar-refractivity contribution in [2.24, 2.45) is 5.73 Å². The monoisotopic (exact) mass is 274 g/mol. The molecule has 1 fully saturated rings. The minimum absolute atomic E-state index is 0.126. The van der Waals surface area contributed by atoms with Crippen molar-refractivity contribution in [3.8, 4) is 0 Å². The highest BCUT2D eigenvalue weighted by atomic mass is 16.5. The molecule has 0 amide bonds. The van der Waals surface area contributed by atoms with E-state index in [4.69, 9.17) is 10.5 Å². The first-order valence-electron chi connectivity index (χ1n) is 7.87. The van der Waals surface area contributed by atoms with Gasteiger partial charge >= 0.3 is 0 Å². The Labute approximate surface area is 122 Å². The second-order valence-electron chi connectivity index (χ2n) is 6.37. The summed E-state index contributed by atoms with van der Waals surface area (Å²) in [5.41, 5.74) is 9.44. The smallest absolute Gasteiger partial charge is 0.0674 e. The topological polar surface area (TPSA) is 38.5 Å². The van der Waals surface area contributed by atoms with Crippen LogP contribution in [0.2, 0.25) is 0 Å². The van der Waals surface area contributed by atoms with Gasteiger partial charge < -0.3 is 10.5 Å². The third-order valence-electron chi connectivity index (χ3n) is 4.86. The van der Waals surface area contributed by atoms with Crippen LogP contribution >= 0.6 is 0 Å². The molecule has 1 aromatic carbocycles. The second kappa shape index (κ2) is 5.84. The van der Waals surface area contributed by atoms with Crippen LogP contribution in [0, 0.1) is 0 Å². The van der Waals surface area contributed by atoms with Crippen molar-refractivity contribution in [2.45, 2.75) is 57.3 Å². The van der Waals surface area contributed by atoms with Crippen LogP contribution in [0.4, 0.5) is 0 Å². The Bertz CT molecular complexity index is 462. The normalized spacial score (nSPS) is 35.4. The van der Waals surface area contributed by atoms with Crippen LogP contribution in [0.25, 0.3) is 0 Å². The number of ether oxygens (including phenoxy) is 1. The molecule has 3 heteroatoms. The molecule has 0 aromatic heterocycles. The van der Waals surface area contributed by atoms with E-state index in [2.05, 4.69) is 43.0 Å². The first-order chi connectivity index (χ1) is 9.66. The summed E-state index contributed by atoms with van der Waals surface area (Å²) in [6, 6.07) is 9.74. The maximum Gasteiger partial charge on any atom is 0.0674 e. The summed E-state index contributed by atoms with van der Waals surface area (Å²) in [7, 11) is 0. The summed E-state index contributed by atoms with van der Waals surface area (Å²) in [6.45, 7) is 6.25. The van der Waals surface area contributed by atoms with E-state index in [0.29, 0.717) is 18.2 Å². The molecule has 1 heterocycles. The van der Waals surface area contributed by atoms with Crippen molar-refractivity contribution in [3.63, 3.8) is 0 Å². The van der Waals surface area contributed by atoms with Crippen LogP contribution in [0.3, 0.4) is 0 Å². The molecule has 110 valence electrons. The largest absolute Gasteiger partial charge is 0.376 e. The predicted molar refractivity (Wildman–Crippen MR) is 81.7 cm³/mol. The maximum absolute atomic E-state index is 6.65. The van der Waals surface area contributed by atoms with E-state index < -0.39 is 0 Å². The van der Waals surface area contributed by atoms with Gasteiger partial charge in [0, 0.05) is 24.7 Å². The highest BCUT2D eigenvalue weighted by Gasteiger charge is 2.35. The minimum atomic E-state index is 0.126. The fraction of sp³-hybridized carbons (Fsp3) is 0.647. The molecule has 0 bridgehead atoms. The van der Waals surface area contributed by atoms with Gasteiger partial charge in [-0.2, -0.15) is 0 Å². The Morgan fingerprint density at radius 3 is 2.90 bits per heavy atom. The maximum atomic E-state index is 6.65. The van der Waals surface area contributed by atoms with E-state index in [0.717, 1.165) is 19.6 Å². The van der Waals surface area contributed by atoms with Crippen LogP contribution in [0.15, 0.2) is 24.3 Å². The predicted octanol–water partition coefficient (Wildman–Crippen LogP) is 2.50. The summed E-state index contributed by atoms with van der Waals surface area (Å²) in [6.07, 6.45) is 3.90. The molecule has 0 spiro atoms. The molecule has 4 atom stereocenters. The van der Waals surface area contributed by atoms with Crippen molar-refractivity contribution in [3.05, 3.63) is 35.4 Å². The molecule has 1 aliphatic carbocycles. The van der Waals surface area contributed by atoms with Crippen LogP contribution in [0.5, 0.6) is 0 Å². The Morgan fingerprint density at radius 1 is 1.25 bits per heavy atom. The van der Waals surface area contributed by atoms with Crippen LogP contribution in [0.1, 0.15) is 43.9 Å². The third kappa shape index (κ3) is 2.62. The molecule has 3 rings (SSSR count). The first-order valence-corrected chi connectivity index (χ1v) is 7.87. The van der Waals surface area contributed by atoms with Gasteiger partial charge in [-0.25, -0.2) is 0 Å².